The van der Waals surface area contributed by atoms with Crippen LogP contribution in [0.5, 0.6) is 0 Å². The minimum absolute atomic E-state index is 0.0737. The van der Waals surface area contributed by atoms with E-state index < -0.39 is 6.10 Å². The SMILES string of the molecule is CCC/C=C\C/C=C\CCCCCCCC(=O)OCC(COC(=O)CCCCCCCCCCCCCCCCC/C=C\C/C=C\CCCCCCC)OC(=O)CCCCCCCCCCCCCCCC. The van der Waals surface area contributed by atoms with Crippen LogP contribution in [0.1, 0.15) is 335 Å². The molecule has 0 spiro atoms. The molecule has 0 aliphatic carbocycles. The minimum Gasteiger partial charge on any atom is -0.462 e. The van der Waals surface area contributed by atoms with Crippen LogP contribution in [0.25, 0.3) is 0 Å². The van der Waals surface area contributed by atoms with Gasteiger partial charge in [0.1, 0.15) is 13.2 Å². The maximum Gasteiger partial charge on any atom is 0.306 e. The molecule has 6 heteroatoms. The molecule has 0 aliphatic heterocycles. The molecule has 72 heavy (non-hydrogen) atoms. The Bertz CT molecular complexity index is 1250. The lowest BCUT2D eigenvalue weighted by Crippen LogP contribution is -2.30. The van der Waals surface area contributed by atoms with Crippen LogP contribution in [0.2, 0.25) is 0 Å². The van der Waals surface area contributed by atoms with Gasteiger partial charge in [0, 0.05) is 19.3 Å². The zero-order valence-electron chi connectivity index (χ0n) is 48.2. The number of carbonyl (C=O) groups excluding carboxylic acids is 3. The molecule has 0 radical (unpaired) electrons. The number of hydrogen-bond acceptors (Lipinski definition) is 6. The van der Waals surface area contributed by atoms with Crippen molar-refractivity contribution in [1.29, 1.82) is 0 Å². The van der Waals surface area contributed by atoms with Crippen molar-refractivity contribution >= 4 is 17.9 Å². The normalized spacial score (nSPS) is 12.3. The summed E-state index contributed by atoms with van der Waals surface area (Å²) in [7, 11) is 0. The molecule has 0 N–H and O–H groups in total. The van der Waals surface area contributed by atoms with Crippen molar-refractivity contribution in [2.45, 2.75) is 341 Å². The predicted octanol–water partition coefficient (Wildman–Crippen LogP) is 21.4. The van der Waals surface area contributed by atoms with Gasteiger partial charge in [-0.15, -0.1) is 0 Å². The van der Waals surface area contributed by atoms with Gasteiger partial charge in [0.05, 0.1) is 0 Å². The van der Waals surface area contributed by atoms with E-state index in [9.17, 15) is 14.4 Å². The first-order valence-electron chi connectivity index (χ1n) is 31.6. The summed E-state index contributed by atoms with van der Waals surface area (Å²) in [6.45, 7) is 6.60. The summed E-state index contributed by atoms with van der Waals surface area (Å²) >= 11 is 0. The fourth-order valence-corrected chi connectivity index (χ4v) is 9.28. The molecule has 0 amide bonds. The van der Waals surface area contributed by atoms with Crippen LogP contribution >= 0.6 is 0 Å². The molecular weight excluding hydrogens is 889 g/mol. The van der Waals surface area contributed by atoms with Crippen molar-refractivity contribution in [2.75, 3.05) is 13.2 Å². The van der Waals surface area contributed by atoms with Crippen molar-refractivity contribution in [3.05, 3.63) is 48.6 Å². The molecule has 0 aliphatic rings. The van der Waals surface area contributed by atoms with E-state index in [4.69, 9.17) is 14.2 Å². The molecule has 0 saturated carbocycles. The minimum atomic E-state index is -0.776. The molecule has 0 bridgehead atoms. The first-order chi connectivity index (χ1) is 35.5. The summed E-state index contributed by atoms with van der Waals surface area (Å²) in [6.07, 6.45) is 75.5. The van der Waals surface area contributed by atoms with Gasteiger partial charge in [-0.2, -0.15) is 0 Å². The molecular formula is C66H120O6. The van der Waals surface area contributed by atoms with Crippen LogP contribution in [0.3, 0.4) is 0 Å². The van der Waals surface area contributed by atoms with Gasteiger partial charge in [-0.3, -0.25) is 14.4 Å². The molecule has 0 aromatic carbocycles. The lowest BCUT2D eigenvalue weighted by atomic mass is 10.0. The van der Waals surface area contributed by atoms with Crippen molar-refractivity contribution in [3.8, 4) is 0 Å². The average molecular weight is 1010 g/mol. The molecule has 0 fully saturated rings. The molecule has 0 aromatic rings. The largest absolute Gasteiger partial charge is 0.462 e. The van der Waals surface area contributed by atoms with Gasteiger partial charge in [-0.05, 0) is 77.0 Å². The van der Waals surface area contributed by atoms with Gasteiger partial charge >= 0.3 is 17.9 Å². The van der Waals surface area contributed by atoms with E-state index in [1.807, 2.05) is 0 Å². The second-order valence-corrected chi connectivity index (χ2v) is 21.3. The second-order valence-electron chi connectivity index (χ2n) is 21.3. The molecule has 0 rings (SSSR count). The highest BCUT2D eigenvalue weighted by atomic mass is 16.6. The maximum absolute atomic E-state index is 12.9. The highest BCUT2D eigenvalue weighted by molar-refractivity contribution is 5.71. The molecule has 0 saturated heterocycles. The van der Waals surface area contributed by atoms with Gasteiger partial charge in [-0.25, -0.2) is 0 Å². The Morgan fingerprint density at radius 3 is 0.819 bits per heavy atom. The van der Waals surface area contributed by atoms with Crippen LogP contribution in [-0.2, 0) is 28.6 Å². The van der Waals surface area contributed by atoms with E-state index in [-0.39, 0.29) is 31.1 Å². The number of rotatable bonds is 58. The summed E-state index contributed by atoms with van der Waals surface area (Å²) in [5.74, 6) is -0.870. The number of ether oxygens (including phenoxy) is 3. The van der Waals surface area contributed by atoms with Gasteiger partial charge in [-0.1, -0.05) is 288 Å². The number of allylic oxidation sites excluding steroid dienone is 8. The van der Waals surface area contributed by atoms with Crippen molar-refractivity contribution in [3.63, 3.8) is 0 Å². The zero-order valence-corrected chi connectivity index (χ0v) is 48.2. The topological polar surface area (TPSA) is 78.9 Å². The monoisotopic (exact) mass is 1010 g/mol. The summed E-state index contributed by atoms with van der Waals surface area (Å²) in [5.41, 5.74) is 0. The summed E-state index contributed by atoms with van der Waals surface area (Å²) in [4.78, 5) is 38.2. The Balaban J connectivity index is 4.20. The highest BCUT2D eigenvalue weighted by Crippen LogP contribution is 2.17. The Kier molecular flexibility index (Phi) is 58.7. The fourth-order valence-electron chi connectivity index (χ4n) is 9.28. The Morgan fingerprint density at radius 1 is 0.278 bits per heavy atom. The van der Waals surface area contributed by atoms with Crippen molar-refractivity contribution in [2.24, 2.45) is 0 Å². The van der Waals surface area contributed by atoms with E-state index in [0.29, 0.717) is 19.3 Å². The third-order valence-electron chi connectivity index (χ3n) is 14.0. The molecule has 0 heterocycles. The quantitative estimate of drug-likeness (QED) is 0.0261. The first-order valence-corrected chi connectivity index (χ1v) is 31.6. The van der Waals surface area contributed by atoms with Gasteiger partial charge in [0.15, 0.2) is 6.10 Å². The molecule has 1 unspecified atom stereocenters. The average Bonchev–Trinajstić information content (AvgIpc) is 3.38. The molecule has 1 atom stereocenters. The predicted molar refractivity (Wildman–Crippen MR) is 312 cm³/mol. The van der Waals surface area contributed by atoms with E-state index in [1.54, 1.807) is 0 Å². The van der Waals surface area contributed by atoms with E-state index >= 15 is 0 Å². The van der Waals surface area contributed by atoms with Crippen molar-refractivity contribution in [1.82, 2.24) is 0 Å². The number of hydrogen-bond donors (Lipinski definition) is 0. The maximum atomic E-state index is 12.9. The number of carbonyl (C=O) groups is 3. The van der Waals surface area contributed by atoms with E-state index in [0.717, 1.165) is 89.9 Å². The summed E-state index contributed by atoms with van der Waals surface area (Å²) < 4.78 is 16.9. The van der Waals surface area contributed by atoms with E-state index in [2.05, 4.69) is 69.4 Å². The molecule has 420 valence electrons. The Morgan fingerprint density at radius 2 is 0.528 bits per heavy atom. The standard InChI is InChI=1S/C66H120O6/c1-4-7-10-13-16-19-22-25-27-28-29-30-31-32-33-34-35-36-37-38-39-42-44-47-50-53-56-59-65(68)71-62-63(61-70-64(67)58-55-52-49-46-43-40-24-21-18-15-12-9-6-3)72-66(69)60-57-54-51-48-45-41-26-23-20-17-14-11-8-5-2/h12,15,21-22,24-25,28-29,63H,4-11,13-14,16-20,23,26-27,30-62H2,1-3H3/b15-12-,24-21-,25-22-,29-28-. The van der Waals surface area contributed by atoms with Crippen molar-refractivity contribution < 1.29 is 28.6 Å². The second kappa shape index (κ2) is 60.9. The fraction of sp³-hybridized carbons (Fsp3) is 0.833. The van der Waals surface area contributed by atoms with Gasteiger partial charge in [0.2, 0.25) is 0 Å². The molecule has 0 aromatic heterocycles. The van der Waals surface area contributed by atoms with Crippen LogP contribution < -0.4 is 0 Å². The lowest BCUT2D eigenvalue weighted by Gasteiger charge is -2.18. The Hall–Kier alpha value is -2.63. The van der Waals surface area contributed by atoms with Crippen LogP contribution in [0.4, 0.5) is 0 Å². The van der Waals surface area contributed by atoms with E-state index in [1.165, 1.54) is 205 Å². The first kappa shape index (κ1) is 69.4. The van der Waals surface area contributed by atoms with Gasteiger partial charge < -0.3 is 14.2 Å². The smallest absolute Gasteiger partial charge is 0.306 e. The van der Waals surface area contributed by atoms with Crippen LogP contribution in [0.15, 0.2) is 48.6 Å². The third kappa shape index (κ3) is 58.3. The highest BCUT2D eigenvalue weighted by Gasteiger charge is 2.19. The number of unbranched alkanes of at least 4 members (excludes halogenated alkanes) is 39. The lowest BCUT2D eigenvalue weighted by molar-refractivity contribution is -0.167. The zero-order chi connectivity index (χ0) is 52.2. The summed E-state index contributed by atoms with van der Waals surface area (Å²) in [6, 6.07) is 0. The Labute approximate surface area is 448 Å². The molecule has 6 nitrogen and oxygen atoms in total. The number of esters is 3. The summed E-state index contributed by atoms with van der Waals surface area (Å²) in [5, 5.41) is 0. The van der Waals surface area contributed by atoms with Gasteiger partial charge in [0.25, 0.3) is 0 Å². The van der Waals surface area contributed by atoms with Crippen LogP contribution in [-0.4, -0.2) is 37.2 Å². The van der Waals surface area contributed by atoms with Crippen LogP contribution in [0, 0.1) is 0 Å². The third-order valence-corrected chi connectivity index (χ3v) is 14.0.